The number of carbonyl (C=O) groups excluding carboxylic acids is 2. The van der Waals surface area contributed by atoms with Crippen LogP contribution < -0.4 is 0 Å². The van der Waals surface area contributed by atoms with Gasteiger partial charge in [0.05, 0.1) is 6.61 Å². The molecule has 0 rings (SSSR count). The maximum absolute atomic E-state index is 12.1. The molecule has 0 aliphatic carbocycles. The standard InChI is InChI=1S/C28H55NO4/c1-3-4-5-6-7-8-9-10-11-14-17-20-28(32)33-27(2)21-23-29(24-26-31)22-18-15-12-13-16-19-25-30/h25,27,31H,3-24,26H2,1-2H3. The molecule has 196 valence electrons. The van der Waals surface area contributed by atoms with E-state index in [9.17, 15) is 14.7 Å². The number of rotatable bonds is 26. The molecule has 5 nitrogen and oxygen atoms in total. The Hall–Kier alpha value is -0.940. The normalized spacial score (nSPS) is 12.2. The van der Waals surface area contributed by atoms with Crippen molar-refractivity contribution in [2.45, 2.75) is 142 Å². The molecule has 1 N–H and O–H groups in total. The highest BCUT2D eigenvalue weighted by molar-refractivity contribution is 5.69. The second-order valence-corrected chi connectivity index (χ2v) is 9.66. The summed E-state index contributed by atoms with van der Waals surface area (Å²) in [6.07, 6.45) is 22.6. The molecule has 1 unspecified atom stereocenters. The second kappa shape index (κ2) is 25.7. The monoisotopic (exact) mass is 469 g/mol. The van der Waals surface area contributed by atoms with Crippen LogP contribution in [0, 0.1) is 0 Å². The van der Waals surface area contributed by atoms with Crippen molar-refractivity contribution in [1.29, 1.82) is 0 Å². The molecule has 33 heavy (non-hydrogen) atoms. The molecule has 0 aromatic rings. The first-order valence-corrected chi connectivity index (χ1v) is 14.1. The minimum absolute atomic E-state index is 0.0672. The van der Waals surface area contributed by atoms with Gasteiger partial charge in [-0.15, -0.1) is 0 Å². The van der Waals surface area contributed by atoms with Crippen molar-refractivity contribution >= 4 is 12.3 Å². The van der Waals surface area contributed by atoms with Gasteiger partial charge in [0, 0.05) is 25.9 Å². The molecule has 0 aliphatic heterocycles. The van der Waals surface area contributed by atoms with Crippen molar-refractivity contribution in [2.75, 3.05) is 26.2 Å². The van der Waals surface area contributed by atoms with Crippen molar-refractivity contribution in [2.24, 2.45) is 0 Å². The van der Waals surface area contributed by atoms with Crippen LogP contribution in [0.4, 0.5) is 0 Å². The van der Waals surface area contributed by atoms with Gasteiger partial charge in [-0.05, 0) is 39.2 Å². The summed E-state index contributed by atoms with van der Waals surface area (Å²) in [6, 6.07) is 0. The second-order valence-electron chi connectivity index (χ2n) is 9.66. The van der Waals surface area contributed by atoms with E-state index in [-0.39, 0.29) is 18.7 Å². The van der Waals surface area contributed by atoms with Gasteiger partial charge < -0.3 is 19.5 Å². The maximum Gasteiger partial charge on any atom is 0.306 e. The van der Waals surface area contributed by atoms with E-state index in [2.05, 4.69) is 11.8 Å². The van der Waals surface area contributed by atoms with Crippen LogP contribution in [0.3, 0.4) is 0 Å². The van der Waals surface area contributed by atoms with E-state index in [0.717, 1.165) is 70.7 Å². The van der Waals surface area contributed by atoms with Crippen LogP contribution >= 0.6 is 0 Å². The molecule has 0 amide bonds. The average Bonchev–Trinajstić information content (AvgIpc) is 2.80. The predicted octanol–water partition coefficient (Wildman–Crippen LogP) is 6.84. The van der Waals surface area contributed by atoms with Crippen molar-refractivity contribution in [3.63, 3.8) is 0 Å². The Kier molecular flexibility index (Phi) is 24.9. The predicted molar refractivity (Wildman–Crippen MR) is 139 cm³/mol. The number of hydrogen-bond acceptors (Lipinski definition) is 5. The third-order valence-electron chi connectivity index (χ3n) is 6.38. The summed E-state index contributed by atoms with van der Waals surface area (Å²) in [5, 5.41) is 9.32. The smallest absolute Gasteiger partial charge is 0.306 e. The summed E-state index contributed by atoms with van der Waals surface area (Å²) < 4.78 is 5.59. The first-order valence-electron chi connectivity index (χ1n) is 14.1. The van der Waals surface area contributed by atoms with E-state index in [0.29, 0.717) is 19.4 Å². The highest BCUT2D eigenvalue weighted by Crippen LogP contribution is 2.13. The first-order chi connectivity index (χ1) is 16.1. The number of aldehydes is 1. The highest BCUT2D eigenvalue weighted by Gasteiger charge is 2.12. The molecule has 0 fully saturated rings. The fourth-order valence-corrected chi connectivity index (χ4v) is 4.21. The third-order valence-corrected chi connectivity index (χ3v) is 6.38. The van der Waals surface area contributed by atoms with Crippen LogP contribution in [-0.2, 0) is 14.3 Å². The van der Waals surface area contributed by atoms with Crippen molar-refractivity contribution in [3.8, 4) is 0 Å². The van der Waals surface area contributed by atoms with Crippen molar-refractivity contribution in [3.05, 3.63) is 0 Å². The molecule has 0 radical (unpaired) electrons. The highest BCUT2D eigenvalue weighted by atomic mass is 16.5. The van der Waals surface area contributed by atoms with Gasteiger partial charge in [-0.1, -0.05) is 90.4 Å². The lowest BCUT2D eigenvalue weighted by atomic mass is 10.1. The van der Waals surface area contributed by atoms with E-state index >= 15 is 0 Å². The van der Waals surface area contributed by atoms with Gasteiger partial charge in [-0.25, -0.2) is 0 Å². The number of unbranched alkanes of at least 4 members (excludes halogenated alkanes) is 15. The van der Waals surface area contributed by atoms with Gasteiger partial charge >= 0.3 is 5.97 Å². The van der Waals surface area contributed by atoms with Gasteiger partial charge in [0.1, 0.15) is 12.4 Å². The Morgan fingerprint density at radius 2 is 1.33 bits per heavy atom. The number of aliphatic hydroxyl groups is 1. The number of carbonyl (C=O) groups is 2. The summed E-state index contributed by atoms with van der Waals surface area (Å²) in [5.74, 6) is -0.0672. The summed E-state index contributed by atoms with van der Waals surface area (Å²) in [7, 11) is 0. The maximum atomic E-state index is 12.1. The lowest BCUT2D eigenvalue weighted by Gasteiger charge is -2.23. The molecular weight excluding hydrogens is 414 g/mol. The molecule has 0 bridgehead atoms. The molecule has 0 saturated carbocycles. The third kappa shape index (κ3) is 24.0. The molecule has 0 saturated heterocycles. The molecule has 0 aromatic carbocycles. The Bertz CT molecular complexity index is 430. The largest absolute Gasteiger partial charge is 0.463 e. The summed E-state index contributed by atoms with van der Waals surface area (Å²) >= 11 is 0. The Labute approximate surface area is 205 Å². The summed E-state index contributed by atoms with van der Waals surface area (Å²) in [5.41, 5.74) is 0. The van der Waals surface area contributed by atoms with Gasteiger partial charge in [0.15, 0.2) is 0 Å². The molecule has 0 aromatic heterocycles. The lowest BCUT2D eigenvalue weighted by molar-refractivity contribution is -0.148. The van der Waals surface area contributed by atoms with Crippen LogP contribution in [0.1, 0.15) is 136 Å². The van der Waals surface area contributed by atoms with Crippen molar-refractivity contribution in [1.82, 2.24) is 4.90 Å². The fourth-order valence-electron chi connectivity index (χ4n) is 4.21. The Morgan fingerprint density at radius 3 is 1.91 bits per heavy atom. The molecular formula is C28H55NO4. The SMILES string of the molecule is CCCCCCCCCCCCCC(=O)OC(C)CCN(CCO)CCCCCCCC=O. The number of hydrogen-bond donors (Lipinski definition) is 1. The number of esters is 1. The quantitative estimate of drug-likeness (QED) is 0.0853. The first kappa shape index (κ1) is 32.1. The van der Waals surface area contributed by atoms with Crippen molar-refractivity contribution < 1.29 is 19.4 Å². The summed E-state index contributed by atoms with van der Waals surface area (Å²) in [4.78, 5) is 24.7. The van der Waals surface area contributed by atoms with Crippen LogP contribution in [0.2, 0.25) is 0 Å². The van der Waals surface area contributed by atoms with Crippen LogP contribution in [0.5, 0.6) is 0 Å². The molecule has 0 spiro atoms. The average molecular weight is 470 g/mol. The van der Waals surface area contributed by atoms with E-state index in [1.165, 1.54) is 57.8 Å². The van der Waals surface area contributed by atoms with E-state index < -0.39 is 0 Å². The molecule has 5 heteroatoms. The van der Waals surface area contributed by atoms with Crippen LogP contribution in [-0.4, -0.2) is 54.6 Å². The minimum Gasteiger partial charge on any atom is -0.463 e. The number of aliphatic hydroxyl groups excluding tert-OH is 1. The zero-order valence-electron chi connectivity index (χ0n) is 22.0. The van der Waals surface area contributed by atoms with E-state index in [4.69, 9.17) is 4.74 Å². The van der Waals surface area contributed by atoms with Gasteiger partial charge in [0.25, 0.3) is 0 Å². The Morgan fingerprint density at radius 1 is 0.788 bits per heavy atom. The number of ether oxygens (including phenoxy) is 1. The number of nitrogens with zero attached hydrogens (tertiary/aromatic N) is 1. The Balaban J connectivity index is 3.68. The molecule has 0 aliphatic rings. The summed E-state index contributed by atoms with van der Waals surface area (Å²) in [6.45, 7) is 6.88. The van der Waals surface area contributed by atoms with E-state index in [1.54, 1.807) is 0 Å². The topological polar surface area (TPSA) is 66.8 Å². The minimum atomic E-state index is -0.0743. The lowest BCUT2D eigenvalue weighted by Crippen LogP contribution is -2.31. The van der Waals surface area contributed by atoms with Gasteiger partial charge in [-0.3, -0.25) is 4.79 Å². The zero-order valence-corrected chi connectivity index (χ0v) is 22.0. The fraction of sp³-hybridized carbons (Fsp3) is 0.929. The van der Waals surface area contributed by atoms with Crippen LogP contribution in [0.25, 0.3) is 0 Å². The van der Waals surface area contributed by atoms with Gasteiger partial charge in [-0.2, -0.15) is 0 Å². The zero-order chi connectivity index (χ0) is 24.4. The van der Waals surface area contributed by atoms with Gasteiger partial charge in [0.2, 0.25) is 0 Å². The molecule has 0 heterocycles. The van der Waals surface area contributed by atoms with E-state index in [1.807, 2.05) is 6.92 Å². The molecule has 1 atom stereocenters. The van der Waals surface area contributed by atoms with Crippen LogP contribution in [0.15, 0.2) is 0 Å².